The first kappa shape index (κ1) is 7.40. The number of urea groups is 1. The molecule has 0 aromatic heterocycles. The Morgan fingerprint density at radius 1 is 1.80 bits per heavy atom. The minimum Gasteiger partial charge on any atom is -0.294 e. The van der Waals surface area contributed by atoms with Crippen molar-refractivity contribution in [1.29, 1.82) is 0 Å². The zero-order chi connectivity index (χ0) is 7.56. The smallest absolute Gasteiger partial charge is 0.294 e. The van der Waals surface area contributed by atoms with E-state index >= 15 is 0 Å². The van der Waals surface area contributed by atoms with E-state index < -0.39 is 0 Å². The monoisotopic (exact) mass is 159 g/mol. The van der Waals surface area contributed by atoms with Gasteiger partial charge in [-0.05, 0) is 0 Å². The van der Waals surface area contributed by atoms with Gasteiger partial charge in [-0.2, -0.15) is 4.40 Å². The van der Waals surface area contributed by atoms with E-state index in [1.165, 1.54) is 16.4 Å². The summed E-state index contributed by atoms with van der Waals surface area (Å²) in [7, 11) is 1.68. The maximum Gasteiger partial charge on any atom is 0.333 e. The molecule has 0 bridgehead atoms. The molecule has 0 atom stereocenters. The molecule has 0 saturated heterocycles. The van der Waals surface area contributed by atoms with Crippen LogP contribution in [-0.4, -0.2) is 23.2 Å². The highest BCUT2D eigenvalue weighted by molar-refractivity contribution is 7.96. The molecule has 0 aromatic rings. The molecule has 1 N–H and O–H groups in total. The van der Waals surface area contributed by atoms with Crippen molar-refractivity contribution in [3.63, 3.8) is 0 Å². The molecule has 0 unspecified atom stereocenters. The zero-order valence-electron chi connectivity index (χ0n) is 5.92. The molecule has 1 aliphatic heterocycles. The molecule has 56 valence electrons. The number of hydrogen-bond donors (Lipinski definition) is 1. The number of rotatable bonds is 1. The molecule has 0 saturated carbocycles. The van der Waals surface area contributed by atoms with Crippen LogP contribution in [0.2, 0.25) is 0 Å². The van der Waals surface area contributed by atoms with Gasteiger partial charge < -0.3 is 0 Å². The molecule has 0 radical (unpaired) electrons. The van der Waals surface area contributed by atoms with Crippen molar-refractivity contribution in [3.05, 3.63) is 0 Å². The highest BCUT2D eigenvalue weighted by atomic mass is 32.2. The SMILES string of the molecule is CCC1=NSN(C)C(=O)N1. The highest BCUT2D eigenvalue weighted by Crippen LogP contribution is 2.12. The number of amidine groups is 1. The third kappa shape index (κ3) is 1.41. The van der Waals surface area contributed by atoms with Crippen LogP contribution in [0.4, 0.5) is 4.79 Å². The number of nitrogens with zero attached hydrogens (tertiary/aromatic N) is 2. The van der Waals surface area contributed by atoms with Gasteiger partial charge in [-0.15, -0.1) is 0 Å². The number of amides is 2. The quantitative estimate of drug-likeness (QED) is 0.580. The van der Waals surface area contributed by atoms with Crippen molar-refractivity contribution in [2.24, 2.45) is 4.40 Å². The summed E-state index contributed by atoms with van der Waals surface area (Å²) in [5.41, 5.74) is 0. The van der Waals surface area contributed by atoms with E-state index in [1.54, 1.807) is 7.05 Å². The van der Waals surface area contributed by atoms with Crippen LogP contribution in [0.3, 0.4) is 0 Å². The Labute approximate surface area is 64.0 Å². The van der Waals surface area contributed by atoms with Crippen molar-refractivity contribution in [1.82, 2.24) is 9.62 Å². The Bertz CT molecular complexity index is 180. The van der Waals surface area contributed by atoms with Crippen LogP contribution in [0.5, 0.6) is 0 Å². The average molecular weight is 159 g/mol. The molecule has 5 heteroatoms. The molecule has 4 nitrogen and oxygen atoms in total. The maximum absolute atomic E-state index is 10.9. The third-order valence-electron chi connectivity index (χ3n) is 1.15. The largest absolute Gasteiger partial charge is 0.333 e. The number of hydrogen-bond acceptors (Lipinski definition) is 3. The van der Waals surface area contributed by atoms with Crippen molar-refractivity contribution >= 4 is 24.0 Å². The Balaban J connectivity index is 2.61. The molecule has 10 heavy (non-hydrogen) atoms. The van der Waals surface area contributed by atoms with Crippen LogP contribution in [-0.2, 0) is 0 Å². The number of nitrogens with one attached hydrogen (secondary N) is 1. The standard InChI is InChI=1S/C5H9N3OS/c1-3-4-6-5(9)8(2)10-7-4/h3H2,1-2H3,(H,6,7,9). The zero-order valence-corrected chi connectivity index (χ0v) is 6.73. The molecule has 0 spiro atoms. The molecular weight excluding hydrogens is 150 g/mol. The van der Waals surface area contributed by atoms with E-state index in [2.05, 4.69) is 9.71 Å². The lowest BCUT2D eigenvalue weighted by Gasteiger charge is -2.19. The second-order valence-electron chi connectivity index (χ2n) is 1.90. The summed E-state index contributed by atoms with van der Waals surface area (Å²) in [5, 5.41) is 2.63. The first-order chi connectivity index (χ1) is 4.74. The molecule has 1 heterocycles. The fourth-order valence-electron chi connectivity index (χ4n) is 0.526. The van der Waals surface area contributed by atoms with Gasteiger partial charge in [-0.1, -0.05) is 6.92 Å². The van der Waals surface area contributed by atoms with E-state index in [0.29, 0.717) is 0 Å². The van der Waals surface area contributed by atoms with Crippen molar-refractivity contribution in [3.8, 4) is 0 Å². The minimum absolute atomic E-state index is 0.100. The molecule has 0 aromatic carbocycles. The predicted octanol–water partition coefficient (Wildman–Crippen LogP) is 1.01. The van der Waals surface area contributed by atoms with Crippen LogP contribution in [0.15, 0.2) is 4.40 Å². The summed E-state index contributed by atoms with van der Waals surface area (Å²) in [5.74, 6) is 0.744. The van der Waals surface area contributed by atoms with E-state index in [0.717, 1.165) is 12.3 Å². The predicted molar refractivity (Wildman–Crippen MR) is 41.6 cm³/mol. The highest BCUT2D eigenvalue weighted by Gasteiger charge is 2.15. The number of carbonyl (C=O) groups excluding carboxylic acids is 1. The second kappa shape index (κ2) is 2.92. The summed E-state index contributed by atoms with van der Waals surface area (Å²) in [6.45, 7) is 1.95. The van der Waals surface area contributed by atoms with Gasteiger partial charge in [0.2, 0.25) is 0 Å². The van der Waals surface area contributed by atoms with Gasteiger partial charge in [0, 0.05) is 13.5 Å². The second-order valence-corrected chi connectivity index (χ2v) is 2.79. The van der Waals surface area contributed by atoms with Crippen molar-refractivity contribution in [2.45, 2.75) is 13.3 Å². The molecule has 2 amide bonds. The summed E-state index contributed by atoms with van der Waals surface area (Å²) in [6, 6.07) is -0.100. The third-order valence-corrected chi connectivity index (χ3v) is 1.86. The first-order valence-electron chi connectivity index (χ1n) is 3.02. The van der Waals surface area contributed by atoms with Crippen LogP contribution in [0.1, 0.15) is 13.3 Å². The average Bonchev–Trinajstić information content (AvgIpc) is 1.95. The fraction of sp³-hybridized carbons (Fsp3) is 0.600. The molecule has 0 fully saturated rings. The lowest BCUT2D eigenvalue weighted by molar-refractivity contribution is 0.235. The van der Waals surface area contributed by atoms with Gasteiger partial charge in [-0.25, -0.2) is 4.79 Å². The van der Waals surface area contributed by atoms with Crippen LogP contribution < -0.4 is 5.32 Å². The maximum atomic E-state index is 10.9. The van der Waals surface area contributed by atoms with Gasteiger partial charge >= 0.3 is 6.03 Å². The van der Waals surface area contributed by atoms with Crippen molar-refractivity contribution in [2.75, 3.05) is 7.05 Å². The summed E-state index contributed by atoms with van der Waals surface area (Å²) < 4.78 is 5.45. The molecule has 0 aliphatic carbocycles. The Morgan fingerprint density at radius 2 is 2.50 bits per heavy atom. The van der Waals surface area contributed by atoms with Gasteiger partial charge in [0.1, 0.15) is 5.84 Å². The Kier molecular flexibility index (Phi) is 2.16. The molecular formula is C5H9N3OS. The van der Waals surface area contributed by atoms with Crippen molar-refractivity contribution < 1.29 is 4.79 Å². The van der Waals surface area contributed by atoms with Crippen LogP contribution in [0, 0.1) is 0 Å². The lowest BCUT2D eigenvalue weighted by atomic mass is 10.4. The normalized spacial score (nSPS) is 18.4. The van der Waals surface area contributed by atoms with Crippen LogP contribution in [0.25, 0.3) is 0 Å². The Morgan fingerprint density at radius 3 is 3.00 bits per heavy atom. The lowest BCUT2D eigenvalue weighted by Crippen LogP contribution is -2.40. The Hall–Kier alpha value is -0.710. The fourth-order valence-corrected chi connectivity index (χ4v) is 1.04. The van der Waals surface area contributed by atoms with Gasteiger partial charge in [0.15, 0.2) is 0 Å². The topological polar surface area (TPSA) is 44.7 Å². The first-order valence-corrected chi connectivity index (χ1v) is 3.75. The van der Waals surface area contributed by atoms with Crippen LogP contribution >= 0.6 is 12.1 Å². The van der Waals surface area contributed by atoms with Gasteiger partial charge in [0.05, 0.1) is 12.1 Å². The minimum atomic E-state index is -0.100. The van der Waals surface area contributed by atoms with Gasteiger partial charge in [0.25, 0.3) is 0 Å². The van der Waals surface area contributed by atoms with Gasteiger partial charge in [-0.3, -0.25) is 9.62 Å². The number of carbonyl (C=O) groups is 1. The van der Waals surface area contributed by atoms with E-state index in [4.69, 9.17) is 0 Å². The summed E-state index contributed by atoms with van der Waals surface area (Å²) in [4.78, 5) is 10.9. The van der Waals surface area contributed by atoms with E-state index in [-0.39, 0.29) is 6.03 Å². The molecule has 1 rings (SSSR count). The summed E-state index contributed by atoms with van der Waals surface area (Å²) >= 11 is 1.17. The molecule has 1 aliphatic rings. The van der Waals surface area contributed by atoms with E-state index in [1.807, 2.05) is 6.92 Å². The summed E-state index contributed by atoms with van der Waals surface area (Å²) in [6.07, 6.45) is 0.770. The van der Waals surface area contributed by atoms with E-state index in [9.17, 15) is 4.79 Å².